The normalized spacial score (nSPS) is 16.2. The zero-order valence-corrected chi connectivity index (χ0v) is 18.4. The second-order valence-electron chi connectivity index (χ2n) is 8.92. The predicted molar refractivity (Wildman–Crippen MR) is 123 cm³/mol. The zero-order valence-electron chi connectivity index (χ0n) is 18.4. The predicted octanol–water partition coefficient (Wildman–Crippen LogP) is 6.40. The number of ether oxygens (including phenoxy) is 2. The third-order valence-corrected chi connectivity index (χ3v) is 5.38. The van der Waals surface area contributed by atoms with Crippen LogP contribution in [-0.2, 0) is 11.2 Å². The van der Waals surface area contributed by atoms with Gasteiger partial charge in [-0.2, -0.15) is 0 Å². The van der Waals surface area contributed by atoms with Crippen LogP contribution in [-0.4, -0.2) is 29.7 Å². The molecule has 3 aromatic rings. The van der Waals surface area contributed by atoms with Crippen molar-refractivity contribution in [1.82, 2.24) is 4.90 Å². The number of para-hydroxylation sites is 1. The molecule has 4 rings (SSSR count). The summed E-state index contributed by atoms with van der Waals surface area (Å²) >= 11 is 0. The molecule has 0 bridgehead atoms. The number of carbonyl (C=O) groups excluding carboxylic acids is 1. The van der Waals surface area contributed by atoms with Crippen molar-refractivity contribution in [3.05, 3.63) is 95.6 Å². The van der Waals surface area contributed by atoms with Crippen molar-refractivity contribution in [2.45, 2.75) is 38.7 Å². The smallest absolute Gasteiger partial charge is 0.410 e. The number of hydrogen-bond acceptors (Lipinski definition) is 3. The maximum absolute atomic E-state index is 12.9. The van der Waals surface area contributed by atoms with Crippen LogP contribution in [0.4, 0.5) is 4.79 Å². The van der Waals surface area contributed by atoms with Gasteiger partial charge in [-0.05, 0) is 68.1 Å². The van der Waals surface area contributed by atoms with E-state index in [4.69, 9.17) is 9.47 Å². The van der Waals surface area contributed by atoms with E-state index in [1.807, 2.05) is 80.3 Å². The summed E-state index contributed by atoms with van der Waals surface area (Å²) in [4.78, 5) is 14.7. The van der Waals surface area contributed by atoms with Crippen LogP contribution < -0.4 is 4.74 Å². The van der Waals surface area contributed by atoms with Crippen LogP contribution in [0.5, 0.6) is 11.5 Å². The van der Waals surface area contributed by atoms with Gasteiger partial charge in [0.1, 0.15) is 17.1 Å². The third-order valence-electron chi connectivity index (χ3n) is 5.38. The van der Waals surface area contributed by atoms with Crippen LogP contribution in [0.3, 0.4) is 0 Å². The molecule has 3 aromatic carbocycles. The van der Waals surface area contributed by atoms with Crippen LogP contribution in [0.1, 0.15) is 43.4 Å². The second kappa shape index (κ2) is 8.84. The van der Waals surface area contributed by atoms with E-state index in [9.17, 15) is 4.79 Å². The summed E-state index contributed by atoms with van der Waals surface area (Å²) in [6, 6.07) is 26.4. The highest BCUT2D eigenvalue weighted by atomic mass is 16.6. The van der Waals surface area contributed by atoms with Gasteiger partial charge in [-0.1, -0.05) is 54.6 Å². The van der Waals surface area contributed by atoms with Crippen molar-refractivity contribution in [3.8, 4) is 11.5 Å². The monoisotopic (exact) mass is 415 g/mol. The molecule has 0 saturated heterocycles. The van der Waals surface area contributed by atoms with Crippen LogP contribution in [0.2, 0.25) is 0 Å². The quantitative estimate of drug-likeness (QED) is 0.496. The van der Waals surface area contributed by atoms with Gasteiger partial charge in [-0.15, -0.1) is 0 Å². The number of amides is 1. The van der Waals surface area contributed by atoms with Gasteiger partial charge >= 0.3 is 6.09 Å². The molecular formula is C27H29NO3. The molecule has 1 aliphatic rings. The first-order valence-electron chi connectivity index (χ1n) is 10.8. The van der Waals surface area contributed by atoms with Gasteiger partial charge in [0.25, 0.3) is 0 Å². The lowest BCUT2D eigenvalue weighted by molar-refractivity contribution is 0.0251. The molecule has 31 heavy (non-hydrogen) atoms. The number of hydrogen-bond donors (Lipinski definition) is 0. The first kappa shape index (κ1) is 21.0. The Labute approximate surface area is 184 Å². The summed E-state index contributed by atoms with van der Waals surface area (Å²) < 4.78 is 11.8. The number of carbonyl (C=O) groups is 1. The number of fused-ring (bicyclic) bond motifs is 1. The SMILES string of the molecule is CC(C)(C)OC(=O)N1CCc2ccc(Oc3ccccc3)cc2C(c2ccccc2)C1. The van der Waals surface area contributed by atoms with Gasteiger partial charge in [0.2, 0.25) is 0 Å². The van der Waals surface area contributed by atoms with Crippen LogP contribution in [0.15, 0.2) is 78.9 Å². The van der Waals surface area contributed by atoms with E-state index in [0.29, 0.717) is 13.1 Å². The fourth-order valence-electron chi connectivity index (χ4n) is 3.94. The average Bonchev–Trinajstić information content (AvgIpc) is 2.94. The van der Waals surface area contributed by atoms with Gasteiger partial charge in [-0.25, -0.2) is 4.79 Å². The van der Waals surface area contributed by atoms with Gasteiger partial charge in [-0.3, -0.25) is 0 Å². The summed E-state index contributed by atoms with van der Waals surface area (Å²) in [5, 5.41) is 0. The van der Waals surface area contributed by atoms with E-state index in [1.165, 1.54) is 16.7 Å². The van der Waals surface area contributed by atoms with Crippen molar-refractivity contribution in [3.63, 3.8) is 0 Å². The largest absolute Gasteiger partial charge is 0.457 e. The Morgan fingerprint density at radius 3 is 2.26 bits per heavy atom. The van der Waals surface area contributed by atoms with Gasteiger partial charge in [0, 0.05) is 19.0 Å². The number of benzene rings is 3. The maximum atomic E-state index is 12.9. The zero-order chi connectivity index (χ0) is 21.8. The average molecular weight is 416 g/mol. The van der Waals surface area contributed by atoms with Crippen molar-refractivity contribution in [1.29, 1.82) is 0 Å². The van der Waals surface area contributed by atoms with E-state index in [1.54, 1.807) is 0 Å². The summed E-state index contributed by atoms with van der Waals surface area (Å²) in [6.45, 7) is 6.91. The highest BCUT2D eigenvalue weighted by Gasteiger charge is 2.30. The Morgan fingerprint density at radius 1 is 0.903 bits per heavy atom. The molecule has 1 atom stereocenters. The summed E-state index contributed by atoms with van der Waals surface area (Å²) in [6.07, 6.45) is 0.519. The highest BCUT2D eigenvalue weighted by Crippen LogP contribution is 2.35. The first-order valence-corrected chi connectivity index (χ1v) is 10.8. The molecule has 160 valence electrons. The Morgan fingerprint density at radius 2 is 1.58 bits per heavy atom. The third kappa shape index (κ3) is 5.26. The molecule has 1 heterocycles. The molecule has 0 radical (unpaired) electrons. The molecule has 1 amide bonds. The number of nitrogens with zero attached hydrogens (tertiary/aromatic N) is 1. The molecule has 0 aromatic heterocycles. The molecule has 4 heteroatoms. The molecule has 4 nitrogen and oxygen atoms in total. The lowest BCUT2D eigenvalue weighted by atomic mass is 9.88. The highest BCUT2D eigenvalue weighted by molar-refractivity contribution is 5.69. The minimum atomic E-state index is -0.519. The van der Waals surface area contributed by atoms with Gasteiger partial charge in [0.15, 0.2) is 0 Å². The standard InChI is InChI=1S/C27H29NO3/c1-27(2,3)31-26(29)28-17-16-21-14-15-23(30-22-12-8-5-9-13-22)18-24(21)25(19-28)20-10-6-4-7-11-20/h4-15,18,25H,16-17,19H2,1-3H3. The van der Waals surface area contributed by atoms with Gasteiger partial charge < -0.3 is 14.4 Å². The Bertz CT molecular complexity index is 1030. The molecule has 0 saturated carbocycles. The van der Waals surface area contributed by atoms with Crippen LogP contribution in [0.25, 0.3) is 0 Å². The van der Waals surface area contributed by atoms with E-state index in [0.717, 1.165) is 17.9 Å². The van der Waals surface area contributed by atoms with Gasteiger partial charge in [0.05, 0.1) is 0 Å². The minimum Gasteiger partial charge on any atom is -0.457 e. The fourth-order valence-corrected chi connectivity index (χ4v) is 3.94. The lowest BCUT2D eigenvalue weighted by Gasteiger charge is -2.29. The molecule has 1 unspecified atom stereocenters. The summed E-state index contributed by atoms with van der Waals surface area (Å²) in [7, 11) is 0. The number of rotatable bonds is 3. The Hall–Kier alpha value is -3.27. The second-order valence-corrected chi connectivity index (χ2v) is 8.92. The van der Waals surface area contributed by atoms with E-state index in [2.05, 4.69) is 24.3 Å². The maximum Gasteiger partial charge on any atom is 0.410 e. The molecule has 0 aliphatic carbocycles. The Balaban J connectivity index is 1.68. The molecule has 0 spiro atoms. The summed E-state index contributed by atoms with van der Waals surface area (Å²) in [5.41, 5.74) is 3.09. The van der Waals surface area contributed by atoms with Crippen molar-refractivity contribution in [2.24, 2.45) is 0 Å². The fraction of sp³-hybridized carbons (Fsp3) is 0.296. The van der Waals surface area contributed by atoms with Crippen LogP contribution >= 0.6 is 0 Å². The summed E-state index contributed by atoms with van der Waals surface area (Å²) in [5.74, 6) is 1.66. The lowest BCUT2D eigenvalue weighted by Crippen LogP contribution is -2.39. The van der Waals surface area contributed by atoms with Crippen molar-refractivity contribution < 1.29 is 14.3 Å². The molecule has 0 fully saturated rings. The minimum absolute atomic E-state index is 0.0468. The van der Waals surface area contributed by atoms with E-state index >= 15 is 0 Å². The van der Waals surface area contributed by atoms with Crippen LogP contribution in [0, 0.1) is 0 Å². The Kier molecular flexibility index (Phi) is 5.99. The topological polar surface area (TPSA) is 38.8 Å². The molecule has 1 aliphatic heterocycles. The van der Waals surface area contributed by atoms with E-state index < -0.39 is 5.60 Å². The molecule has 0 N–H and O–H groups in total. The van der Waals surface area contributed by atoms with E-state index in [-0.39, 0.29) is 12.0 Å². The van der Waals surface area contributed by atoms with Crippen molar-refractivity contribution >= 4 is 6.09 Å². The van der Waals surface area contributed by atoms with Crippen molar-refractivity contribution in [2.75, 3.05) is 13.1 Å². The first-order chi connectivity index (χ1) is 14.9. The molecular weight excluding hydrogens is 386 g/mol.